The molecule has 3 heterocycles. The van der Waals surface area contributed by atoms with Crippen LogP contribution in [0.25, 0.3) is 27.7 Å². The van der Waals surface area contributed by atoms with E-state index in [0.29, 0.717) is 23.1 Å². The summed E-state index contributed by atoms with van der Waals surface area (Å²) in [5, 5.41) is 7.38. The molecule has 0 aliphatic carbocycles. The van der Waals surface area contributed by atoms with Gasteiger partial charge in [-0.1, -0.05) is 30.9 Å². The number of ether oxygens (including phenoxy) is 1. The number of methoxy groups -OCH3 is 1. The number of aromatic nitrogens is 3. The number of anilines is 3. The normalized spacial score (nSPS) is 13.8. The van der Waals surface area contributed by atoms with Gasteiger partial charge in [-0.3, -0.25) is 4.79 Å². The van der Waals surface area contributed by atoms with E-state index in [1.54, 1.807) is 13.3 Å². The van der Waals surface area contributed by atoms with Crippen LogP contribution in [0.4, 0.5) is 17.3 Å². The molecule has 188 valence electrons. The third-order valence-corrected chi connectivity index (χ3v) is 6.62. The lowest BCUT2D eigenvalue weighted by molar-refractivity contribution is -0.111. The first-order valence-electron chi connectivity index (χ1n) is 12.1. The molecule has 0 fully saturated rings. The van der Waals surface area contributed by atoms with Crippen molar-refractivity contribution in [2.45, 2.75) is 6.42 Å². The maximum Gasteiger partial charge on any atom is 0.247 e. The summed E-state index contributed by atoms with van der Waals surface area (Å²) in [6.07, 6.45) is 8.13. The molecule has 8 heteroatoms. The van der Waals surface area contributed by atoms with Crippen molar-refractivity contribution in [3.63, 3.8) is 0 Å². The van der Waals surface area contributed by atoms with E-state index in [9.17, 15) is 4.79 Å². The summed E-state index contributed by atoms with van der Waals surface area (Å²) < 4.78 is 7.83. The predicted octanol–water partition coefficient (Wildman–Crippen LogP) is 5.23. The minimum absolute atomic E-state index is 0.278. The molecule has 1 aliphatic rings. The summed E-state index contributed by atoms with van der Waals surface area (Å²) in [7, 11) is 5.74. The van der Waals surface area contributed by atoms with Crippen molar-refractivity contribution in [1.29, 1.82) is 0 Å². The number of nitrogens with one attached hydrogen (secondary N) is 2. The van der Waals surface area contributed by atoms with Crippen LogP contribution in [0.15, 0.2) is 73.6 Å². The third-order valence-electron chi connectivity index (χ3n) is 6.62. The number of fused-ring (bicyclic) bond motifs is 1. The molecule has 2 N–H and O–H groups in total. The van der Waals surface area contributed by atoms with Gasteiger partial charge in [-0.15, -0.1) is 0 Å². The van der Waals surface area contributed by atoms with Gasteiger partial charge in [0, 0.05) is 54.6 Å². The Balaban J connectivity index is 1.53. The second-order valence-electron chi connectivity index (χ2n) is 9.09. The van der Waals surface area contributed by atoms with Gasteiger partial charge in [0.15, 0.2) is 0 Å². The Bertz CT molecular complexity index is 1520. The molecular formula is C29H30N6O2. The first-order valence-corrected chi connectivity index (χ1v) is 12.1. The van der Waals surface area contributed by atoms with E-state index in [-0.39, 0.29) is 5.91 Å². The van der Waals surface area contributed by atoms with Crippen LogP contribution in [0.3, 0.4) is 0 Å². The van der Waals surface area contributed by atoms with Gasteiger partial charge in [0.1, 0.15) is 5.75 Å². The molecule has 4 aromatic rings. The highest BCUT2D eigenvalue weighted by Gasteiger charge is 2.19. The zero-order valence-electron chi connectivity index (χ0n) is 21.3. The molecule has 2 aromatic heterocycles. The van der Waals surface area contributed by atoms with Crippen molar-refractivity contribution in [2.75, 3.05) is 37.9 Å². The van der Waals surface area contributed by atoms with Crippen LogP contribution in [-0.4, -0.2) is 52.6 Å². The van der Waals surface area contributed by atoms with Crippen LogP contribution < -0.4 is 15.4 Å². The summed E-state index contributed by atoms with van der Waals surface area (Å²) in [5.41, 5.74) is 6.38. The summed E-state index contributed by atoms with van der Waals surface area (Å²) in [6.45, 7) is 5.39. The molecule has 8 nitrogen and oxygen atoms in total. The molecule has 0 atom stereocenters. The number of nitrogens with zero attached hydrogens (tertiary/aromatic N) is 4. The molecule has 37 heavy (non-hydrogen) atoms. The van der Waals surface area contributed by atoms with Gasteiger partial charge in [0.05, 0.1) is 24.2 Å². The summed E-state index contributed by atoms with van der Waals surface area (Å²) in [4.78, 5) is 23.8. The second kappa shape index (κ2) is 10.3. The maximum atomic E-state index is 12.3. The fourth-order valence-corrected chi connectivity index (χ4v) is 4.65. The largest absolute Gasteiger partial charge is 0.495 e. The molecule has 0 unspecified atom stereocenters. The molecule has 0 radical (unpaired) electrons. The first kappa shape index (κ1) is 24.3. The summed E-state index contributed by atoms with van der Waals surface area (Å²) in [5.74, 6) is 0.779. The molecule has 2 aromatic carbocycles. The van der Waals surface area contributed by atoms with Crippen LogP contribution in [0.2, 0.25) is 0 Å². The number of amides is 1. The highest BCUT2D eigenvalue weighted by Crippen LogP contribution is 2.38. The zero-order valence-corrected chi connectivity index (χ0v) is 21.3. The lowest BCUT2D eigenvalue weighted by Crippen LogP contribution is -2.24. The van der Waals surface area contributed by atoms with Gasteiger partial charge >= 0.3 is 0 Å². The molecule has 1 aliphatic heterocycles. The molecular weight excluding hydrogens is 464 g/mol. The number of rotatable bonds is 7. The van der Waals surface area contributed by atoms with Crippen molar-refractivity contribution < 1.29 is 9.53 Å². The number of likely N-dealkylation sites (N-methyl/N-ethyl adjacent to an activating group) is 1. The van der Waals surface area contributed by atoms with E-state index in [1.165, 1.54) is 6.08 Å². The molecule has 0 spiro atoms. The number of carbonyl (C=O) groups excluding carboxylic acids is 1. The van der Waals surface area contributed by atoms with E-state index in [4.69, 9.17) is 9.72 Å². The van der Waals surface area contributed by atoms with Gasteiger partial charge < -0.3 is 24.8 Å². The standard InChI is InChI=1S/C29H30N6O2/c1-5-28(36)31-24-17-25(27(37-4)16-21(24)19-11-14-34(2)15-12-19)33-29-30-13-10-23(32-29)22-18-35(3)26-9-7-6-8-20(22)26/h5-11,13,16-18H,1,12,14-15H2,2-4H3,(H,31,36)(H,30,32,33). The average Bonchev–Trinajstić information content (AvgIpc) is 3.26. The number of carbonyl (C=O) groups is 1. The third kappa shape index (κ3) is 4.96. The van der Waals surface area contributed by atoms with E-state index < -0.39 is 0 Å². The molecule has 0 bridgehead atoms. The van der Waals surface area contributed by atoms with E-state index in [1.807, 2.05) is 37.4 Å². The second-order valence-corrected chi connectivity index (χ2v) is 9.09. The Morgan fingerprint density at radius 3 is 2.73 bits per heavy atom. The lowest BCUT2D eigenvalue weighted by atomic mass is 9.97. The summed E-state index contributed by atoms with van der Waals surface area (Å²) in [6, 6.07) is 13.9. The number of hydrogen-bond donors (Lipinski definition) is 2. The molecule has 1 amide bonds. The number of para-hydroxylation sites is 1. The number of aryl methyl sites for hydroxylation is 1. The molecule has 5 rings (SSSR count). The Kier molecular flexibility index (Phi) is 6.74. The van der Waals surface area contributed by atoms with Crippen LogP contribution in [0.1, 0.15) is 12.0 Å². The van der Waals surface area contributed by atoms with E-state index in [2.05, 4.69) is 63.1 Å². The van der Waals surface area contributed by atoms with Gasteiger partial charge in [0.2, 0.25) is 11.9 Å². The van der Waals surface area contributed by atoms with Gasteiger partial charge in [0.25, 0.3) is 0 Å². The molecule has 0 saturated heterocycles. The SMILES string of the molecule is C=CC(=O)Nc1cc(Nc2nccc(-c3cn(C)c4ccccc34)n2)c(OC)cc1C1=CCN(C)CC1. The van der Waals surface area contributed by atoms with Crippen molar-refractivity contribution in [3.8, 4) is 17.0 Å². The molecule has 0 saturated carbocycles. The highest BCUT2D eigenvalue weighted by molar-refractivity contribution is 6.02. The van der Waals surface area contributed by atoms with Crippen molar-refractivity contribution >= 4 is 39.7 Å². The fourth-order valence-electron chi connectivity index (χ4n) is 4.65. The van der Waals surface area contributed by atoms with E-state index in [0.717, 1.165) is 52.8 Å². The summed E-state index contributed by atoms with van der Waals surface area (Å²) >= 11 is 0. The van der Waals surface area contributed by atoms with E-state index >= 15 is 0 Å². The zero-order chi connectivity index (χ0) is 25.9. The Morgan fingerprint density at radius 1 is 1.14 bits per heavy atom. The highest BCUT2D eigenvalue weighted by atomic mass is 16.5. The van der Waals surface area contributed by atoms with Crippen LogP contribution >= 0.6 is 0 Å². The first-order chi connectivity index (χ1) is 18.0. The Labute approximate surface area is 216 Å². The van der Waals surface area contributed by atoms with Crippen molar-refractivity contribution in [2.24, 2.45) is 7.05 Å². The fraction of sp³-hybridized carbons (Fsp3) is 0.207. The van der Waals surface area contributed by atoms with Crippen LogP contribution in [0.5, 0.6) is 5.75 Å². The van der Waals surface area contributed by atoms with Gasteiger partial charge in [-0.05, 0) is 49.4 Å². The van der Waals surface area contributed by atoms with Crippen molar-refractivity contribution in [1.82, 2.24) is 19.4 Å². The van der Waals surface area contributed by atoms with Crippen LogP contribution in [0, 0.1) is 0 Å². The van der Waals surface area contributed by atoms with Crippen LogP contribution in [-0.2, 0) is 11.8 Å². The monoisotopic (exact) mass is 494 g/mol. The average molecular weight is 495 g/mol. The maximum absolute atomic E-state index is 12.3. The number of benzene rings is 2. The Hall–Kier alpha value is -4.43. The number of hydrogen-bond acceptors (Lipinski definition) is 6. The lowest BCUT2D eigenvalue weighted by Gasteiger charge is -2.24. The minimum atomic E-state index is -0.278. The smallest absolute Gasteiger partial charge is 0.247 e. The van der Waals surface area contributed by atoms with Gasteiger partial charge in [-0.2, -0.15) is 0 Å². The topological polar surface area (TPSA) is 84.3 Å². The quantitative estimate of drug-likeness (QED) is 0.342. The Morgan fingerprint density at radius 2 is 1.97 bits per heavy atom. The predicted molar refractivity (Wildman–Crippen MR) is 149 cm³/mol. The minimum Gasteiger partial charge on any atom is -0.495 e. The van der Waals surface area contributed by atoms with Gasteiger partial charge in [-0.25, -0.2) is 9.97 Å². The van der Waals surface area contributed by atoms with Crippen molar-refractivity contribution in [3.05, 3.63) is 79.2 Å².